The van der Waals surface area contributed by atoms with Gasteiger partial charge in [0.05, 0.1) is 0 Å². The predicted octanol–water partition coefficient (Wildman–Crippen LogP) is 3.19. The Morgan fingerprint density at radius 3 is 2.52 bits per heavy atom. The number of carbonyl (C=O) groups excluding carboxylic acids is 1. The van der Waals surface area contributed by atoms with Gasteiger partial charge < -0.3 is 15.5 Å². The first-order chi connectivity index (χ1) is 12.0. The predicted molar refractivity (Wildman–Crippen MR) is 95.5 cm³/mol. The summed E-state index contributed by atoms with van der Waals surface area (Å²) in [7, 11) is 0. The van der Waals surface area contributed by atoms with Crippen LogP contribution in [0.2, 0.25) is 0 Å². The Hall–Kier alpha value is -3.52. The first-order valence-electron chi connectivity index (χ1n) is 7.64. The highest BCUT2D eigenvalue weighted by Gasteiger charge is 2.08. The Morgan fingerprint density at radius 1 is 1.20 bits per heavy atom. The molecule has 0 aliphatic carbocycles. The summed E-state index contributed by atoms with van der Waals surface area (Å²) in [6, 6.07) is 13.7. The molecule has 0 aliphatic rings. The van der Waals surface area contributed by atoms with Gasteiger partial charge in [-0.3, -0.25) is 4.79 Å². The summed E-state index contributed by atoms with van der Waals surface area (Å²) >= 11 is 0. The summed E-state index contributed by atoms with van der Waals surface area (Å²) in [6.07, 6.45) is 4.47. The fourth-order valence-electron chi connectivity index (χ4n) is 2.21. The molecule has 126 valence electrons. The van der Waals surface area contributed by atoms with Crippen LogP contribution in [0.25, 0.3) is 6.08 Å². The standard InChI is InChI=1S/C20H18N2O3/c1-14-5-2-3-7-17(14)13-22-20(25)16(12-21)8-4-6-15-9-18(23)11-19(24)10-15/h2-11,23-24H,13H2,1H3,(H,22,25). The summed E-state index contributed by atoms with van der Waals surface area (Å²) in [5.74, 6) is -0.602. The number of nitriles is 1. The monoisotopic (exact) mass is 334 g/mol. The normalized spacial score (nSPS) is 11.3. The SMILES string of the molecule is Cc1ccccc1CNC(=O)C(C#N)=CC=Cc1cc(O)cc(O)c1. The van der Waals surface area contributed by atoms with E-state index >= 15 is 0 Å². The molecule has 0 saturated carbocycles. The topological polar surface area (TPSA) is 93.4 Å². The third-order valence-corrected chi connectivity index (χ3v) is 3.54. The first kappa shape index (κ1) is 17.8. The molecular formula is C20H18N2O3. The molecule has 2 rings (SSSR count). The van der Waals surface area contributed by atoms with Crippen molar-refractivity contribution >= 4 is 12.0 Å². The van der Waals surface area contributed by atoms with Crippen molar-refractivity contribution in [2.24, 2.45) is 0 Å². The Balaban J connectivity index is 2.04. The van der Waals surface area contributed by atoms with Gasteiger partial charge in [-0.1, -0.05) is 36.4 Å². The van der Waals surface area contributed by atoms with E-state index in [1.54, 1.807) is 6.08 Å². The molecule has 3 N–H and O–H groups in total. The fourth-order valence-corrected chi connectivity index (χ4v) is 2.21. The van der Waals surface area contributed by atoms with Gasteiger partial charge in [0.1, 0.15) is 23.1 Å². The zero-order valence-corrected chi connectivity index (χ0v) is 13.7. The molecule has 25 heavy (non-hydrogen) atoms. The van der Waals surface area contributed by atoms with Crippen LogP contribution < -0.4 is 5.32 Å². The van der Waals surface area contributed by atoms with E-state index < -0.39 is 5.91 Å². The van der Waals surface area contributed by atoms with Crippen molar-refractivity contribution in [1.29, 1.82) is 5.26 Å². The summed E-state index contributed by atoms with van der Waals surface area (Å²) in [6.45, 7) is 2.30. The van der Waals surface area contributed by atoms with Gasteiger partial charge in [0.2, 0.25) is 0 Å². The summed E-state index contributed by atoms with van der Waals surface area (Å²) < 4.78 is 0. The van der Waals surface area contributed by atoms with Gasteiger partial charge in [0.15, 0.2) is 0 Å². The Morgan fingerprint density at radius 2 is 1.88 bits per heavy atom. The molecule has 2 aromatic carbocycles. The number of nitrogens with one attached hydrogen (secondary N) is 1. The third-order valence-electron chi connectivity index (χ3n) is 3.54. The molecule has 0 atom stereocenters. The lowest BCUT2D eigenvalue weighted by Crippen LogP contribution is -2.24. The molecule has 0 saturated heterocycles. The van der Waals surface area contributed by atoms with E-state index in [0.29, 0.717) is 12.1 Å². The van der Waals surface area contributed by atoms with Crippen LogP contribution in [0, 0.1) is 18.3 Å². The number of phenols is 2. The number of rotatable bonds is 5. The molecule has 2 aromatic rings. The number of phenolic OH excluding ortho intramolecular Hbond substituents is 2. The highest BCUT2D eigenvalue weighted by atomic mass is 16.3. The number of aromatic hydroxyl groups is 2. The van der Waals surface area contributed by atoms with Crippen molar-refractivity contribution in [3.63, 3.8) is 0 Å². The number of hydrogen-bond acceptors (Lipinski definition) is 4. The Kier molecular flexibility index (Phi) is 5.97. The van der Waals surface area contributed by atoms with Crippen LogP contribution in [-0.4, -0.2) is 16.1 Å². The molecule has 0 spiro atoms. The zero-order valence-electron chi connectivity index (χ0n) is 13.7. The number of nitrogens with zero attached hydrogens (tertiary/aromatic N) is 1. The fraction of sp³-hybridized carbons (Fsp3) is 0.100. The minimum atomic E-state index is -0.464. The molecule has 5 heteroatoms. The van der Waals surface area contributed by atoms with E-state index in [4.69, 9.17) is 5.26 Å². The molecule has 0 heterocycles. The summed E-state index contributed by atoms with van der Waals surface area (Å²) in [5.41, 5.74) is 2.56. The lowest BCUT2D eigenvalue weighted by molar-refractivity contribution is -0.117. The molecule has 0 bridgehead atoms. The van der Waals surface area contributed by atoms with Crippen LogP contribution in [0.5, 0.6) is 11.5 Å². The number of hydrogen-bond donors (Lipinski definition) is 3. The largest absolute Gasteiger partial charge is 0.508 e. The Labute approximate surface area is 146 Å². The zero-order chi connectivity index (χ0) is 18.2. The van der Waals surface area contributed by atoms with Crippen molar-refractivity contribution < 1.29 is 15.0 Å². The van der Waals surface area contributed by atoms with Crippen molar-refractivity contribution in [3.8, 4) is 17.6 Å². The van der Waals surface area contributed by atoms with Crippen LogP contribution in [0.3, 0.4) is 0 Å². The number of carbonyl (C=O) groups is 1. The van der Waals surface area contributed by atoms with Gasteiger partial charge in [-0.2, -0.15) is 5.26 Å². The molecule has 5 nitrogen and oxygen atoms in total. The highest BCUT2D eigenvalue weighted by molar-refractivity contribution is 5.97. The van der Waals surface area contributed by atoms with Crippen molar-refractivity contribution in [2.75, 3.05) is 0 Å². The van der Waals surface area contributed by atoms with Crippen LogP contribution in [0.15, 0.2) is 60.2 Å². The van der Waals surface area contributed by atoms with Gasteiger partial charge in [-0.25, -0.2) is 0 Å². The van der Waals surface area contributed by atoms with E-state index in [0.717, 1.165) is 11.1 Å². The maximum atomic E-state index is 12.1. The van der Waals surface area contributed by atoms with Gasteiger partial charge >= 0.3 is 0 Å². The van der Waals surface area contributed by atoms with Crippen LogP contribution in [0.1, 0.15) is 16.7 Å². The van der Waals surface area contributed by atoms with Crippen molar-refractivity contribution in [1.82, 2.24) is 5.32 Å². The Bertz CT molecular complexity index is 857. The molecule has 0 aliphatic heterocycles. The minimum absolute atomic E-state index is 0.0331. The molecule has 1 amide bonds. The second kappa shape index (κ2) is 8.37. The van der Waals surface area contributed by atoms with E-state index in [9.17, 15) is 15.0 Å². The number of benzene rings is 2. The maximum Gasteiger partial charge on any atom is 0.262 e. The molecule has 0 radical (unpaired) electrons. The number of amides is 1. The maximum absolute atomic E-state index is 12.1. The smallest absolute Gasteiger partial charge is 0.262 e. The van der Waals surface area contributed by atoms with Crippen LogP contribution in [0.4, 0.5) is 0 Å². The van der Waals surface area contributed by atoms with E-state index in [1.807, 2.05) is 37.3 Å². The quantitative estimate of drug-likeness (QED) is 0.445. The van der Waals surface area contributed by atoms with E-state index in [2.05, 4.69) is 5.32 Å². The number of allylic oxidation sites excluding steroid dienone is 2. The van der Waals surface area contributed by atoms with Gasteiger partial charge in [-0.05, 0) is 41.8 Å². The van der Waals surface area contributed by atoms with Crippen LogP contribution >= 0.6 is 0 Å². The first-order valence-corrected chi connectivity index (χ1v) is 7.64. The highest BCUT2D eigenvalue weighted by Crippen LogP contribution is 2.21. The summed E-state index contributed by atoms with van der Waals surface area (Å²) in [4.78, 5) is 12.1. The average molecular weight is 334 g/mol. The van der Waals surface area contributed by atoms with Crippen molar-refractivity contribution in [2.45, 2.75) is 13.5 Å². The minimum Gasteiger partial charge on any atom is -0.508 e. The van der Waals surface area contributed by atoms with Gasteiger partial charge in [0.25, 0.3) is 5.91 Å². The van der Waals surface area contributed by atoms with E-state index in [-0.39, 0.29) is 17.1 Å². The van der Waals surface area contributed by atoms with Crippen LogP contribution in [-0.2, 0) is 11.3 Å². The molecular weight excluding hydrogens is 316 g/mol. The third kappa shape index (κ3) is 5.26. The second-order valence-electron chi connectivity index (χ2n) is 5.44. The lowest BCUT2D eigenvalue weighted by Gasteiger charge is -2.06. The molecule has 0 unspecified atom stereocenters. The molecule has 0 aromatic heterocycles. The van der Waals surface area contributed by atoms with Gasteiger partial charge in [-0.15, -0.1) is 0 Å². The average Bonchev–Trinajstić information content (AvgIpc) is 2.57. The van der Waals surface area contributed by atoms with E-state index in [1.165, 1.54) is 30.4 Å². The second-order valence-corrected chi connectivity index (χ2v) is 5.44. The van der Waals surface area contributed by atoms with Crippen molar-refractivity contribution in [3.05, 3.63) is 76.9 Å². The van der Waals surface area contributed by atoms with Gasteiger partial charge in [0, 0.05) is 12.6 Å². The summed E-state index contributed by atoms with van der Waals surface area (Å²) in [5, 5.41) is 30.7. The number of aryl methyl sites for hydroxylation is 1. The lowest BCUT2D eigenvalue weighted by atomic mass is 10.1. The molecule has 0 fully saturated rings.